The number of benzene rings is 2. The summed E-state index contributed by atoms with van der Waals surface area (Å²) < 4.78 is 0. The highest BCUT2D eigenvalue weighted by atomic mass is 16.4. The van der Waals surface area contributed by atoms with E-state index in [2.05, 4.69) is 55.5 Å². The van der Waals surface area contributed by atoms with Crippen LogP contribution in [0.5, 0.6) is 0 Å². The number of aliphatic carboxylic acids is 1. The molecule has 2 aromatic rings. The third-order valence-electron chi connectivity index (χ3n) is 6.88. The largest absolute Gasteiger partial charge is 0.481 e. The molecule has 2 aromatic carbocycles. The highest BCUT2D eigenvalue weighted by Gasteiger charge is 1.97. The molecule has 0 fully saturated rings. The molecule has 202 valence electrons. The van der Waals surface area contributed by atoms with Crippen molar-refractivity contribution >= 4 is 5.97 Å². The van der Waals surface area contributed by atoms with Gasteiger partial charge in [0.2, 0.25) is 0 Å². The highest BCUT2D eigenvalue weighted by molar-refractivity contribution is 5.66. The minimum absolute atomic E-state index is 0.346. The Balaban J connectivity index is 0.000000442. The van der Waals surface area contributed by atoms with Crippen molar-refractivity contribution < 1.29 is 9.90 Å². The van der Waals surface area contributed by atoms with Crippen molar-refractivity contribution in [1.82, 2.24) is 0 Å². The summed E-state index contributed by atoms with van der Waals surface area (Å²) in [5, 5.41) is 8.56. The van der Waals surface area contributed by atoms with Crippen molar-refractivity contribution in [1.29, 1.82) is 0 Å². The van der Waals surface area contributed by atoms with Gasteiger partial charge < -0.3 is 5.11 Å². The number of carboxylic acid groups (broad SMARTS) is 1. The number of carboxylic acids is 1. The van der Waals surface area contributed by atoms with Crippen LogP contribution in [-0.2, 0) is 4.79 Å². The van der Waals surface area contributed by atoms with Crippen LogP contribution in [0.3, 0.4) is 0 Å². The molecule has 0 unspecified atom stereocenters. The molecule has 0 aliphatic carbocycles. The van der Waals surface area contributed by atoms with Gasteiger partial charge in [0.15, 0.2) is 0 Å². The SMILES string of the molecule is CCCCCCCCCCCCCCCCCCCCCC(=O)O.c1ccc(-c2ccccc2)cc1. The van der Waals surface area contributed by atoms with Crippen LogP contribution in [0.2, 0.25) is 0 Å². The summed E-state index contributed by atoms with van der Waals surface area (Å²) in [5.41, 5.74) is 2.55. The summed E-state index contributed by atoms with van der Waals surface area (Å²) in [4.78, 5) is 10.4. The smallest absolute Gasteiger partial charge is 0.303 e. The summed E-state index contributed by atoms with van der Waals surface area (Å²) >= 11 is 0. The maximum absolute atomic E-state index is 10.4. The molecule has 0 heterocycles. The van der Waals surface area contributed by atoms with Crippen LogP contribution < -0.4 is 0 Å². The molecule has 0 saturated carbocycles. The number of hydrogen-bond acceptors (Lipinski definition) is 1. The molecule has 0 atom stereocenters. The zero-order valence-corrected chi connectivity index (χ0v) is 23.3. The summed E-state index contributed by atoms with van der Waals surface area (Å²) in [5.74, 6) is -0.651. The quantitative estimate of drug-likeness (QED) is 0.175. The molecule has 2 rings (SSSR count). The molecule has 2 heteroatoms. The van der Waals surface area contributed by atoms with E-state index in [-0.39, 0.29) is 0 Å². The van der Waals surface area contributed by atoms with Gasteiger partial charge in [-0.2, -0.15) is 0 Å². The fourth-order valence-corrected chi connectivity index (χ4v) is 4.62. The Hall–Kier alpha value is -2.09. The van der Waals surface area contributed by atoms with Crippen molar-refractivity contribution in [3.63, 3.8) is 0 Å². The Morgan fingerprint density at radius 1 is 0.472 bits per heavy atom. The predicted octanol–water partition coefficient (Wildman–Crippen LogP) is 11.2. The molecule has 0 aliphatic heterocycles. The first-order valence-electron chi connectivity index (χ1n) is 15.1. The zero-order chi connectivity index (χ0) is 25.9. The van der Waals surface area contributed by atoms with Crippen LogP contribution in [0.4, 0.5) is 0 Å². The van der Waals surface area contributed by atoms with Gasteiger partial charge in [0.05, 0.1) is 0 Å². The van der Waals surface area contributed by atoms with Crippen molar-refractivity contribution in [2.45, 2.75) is 135 Å². The van der Waals surface area contributed by atoms with Crippen LogP contribution in [0.25, 0.3) is 11.1 Å². The van der Waals surface area contributed by atoms with Crippen LogP contribution in [0, 0.1) is 0 Å². The molecule has 0 radical (unpaired) electrons. The van der Waals surface area contributed by atoms with Gasteiger partial charge in [-0.25, -0.2) is 0 Å². The Kier molecular flexibility index (Phi) is 21.8. The Morgan fingerprint density at radius 2 is 0.750 bits per heavy atom. The second-order valence-corrected chi connectivity index (χ2v) is 10.2. The standard InChI is InChI=1S/C22H44O2.C12H10/c1-2-3-4-5-6-7-8-9-10-11-12-13-14-15-16-17-18-19-20-21-22(23)24;1-3-7-11(8-4-1)12-9-5-2-6-10-12/h2-21H2,1H3,(H,23,24);1-10H. The van der Waals surface area contributed by atoms with Crippen LogP contribution >= 0.6 is 0 Å². The summed E-state index contributed by atoms with van der Waals surface area (Å²) in [7, 11) is 0. The Morgan fingerprint density at radius 3 is 1.03 bits per heavy atom. The lowest BCUT2D eigenvalue weighted by Gasteiger charge is -2.03. The molecule has 0 spiro atoms. The maximum atomic E-state index is 10.4. The summed E-state index contributed by atoms with van der Waals surface area (Å²) in [6.45, 7) is 2.28. The lowest BCUT2D eigenvalue weighted by Crippen LogP contribution is -1.93. The van der Waals surface area contributed by atoms with Gasteiger partial charge in [-0.15, -0.1) is 0 Å². The third-order valence-corrected chi connectivity index (χ3v) is 6.88. The van der Waals surface area contributed by atoms with Gasteiger partial charge in [0.25, 0.3) is 0 Å². The van der Waals surface area contributed by atoms with Crippen LogP contribution in [-0.4, -0.2) is 11.1 Å². The van der Waals surface area contributed by atoms with Gasteiger partial charge in [-0.05, 0) is 17.5 Å². The molecule has 36 heavy (non-hydrogen) atoms. The number of rotatable bonds is 21. The third kappa shape index (κ3) is 20.1. The number of carbonyl (C=O) groups is 1. The molecule has 0 amide bonds. The van der Waals surface area contributed by atoms with Gasteiger partial charge in [-0.1, -0.05) is 183 Å². The van der Waals surface area contributed by atoms with E-state index in [1.807, 2.05) is 12.1 Å². The van der Waals surface area contributed by atoms with E-state index in [1.165, 1.54) is 120 Å². The maximum Gasteiger partial charge on any atom is 0.303 e. The second-order valence-electron chi connectivity index (χ2n) is 10.2. The number of unbranched alkanes of at least 4 members (excludes halogenated alkanes) is 18. The molecule has 0 saturated heterocycles. The Labute approximate surface area is 222 Å². The minimum Gasteiger partial charge on any atom is -0.481 e. The lowest BCUT2D eigenvalue weighted by atomic mass is 10.0. The van der Waals surface area contributed by atoms with E-state index < -0.39 is 5.97 Å². The minimum atomic E-state index is -0.651. The fourth-order valence-electron chi connectivity index (χ4n) is 4.62. The topological polar surface area (TPSA) is 37.3 Å². The van der Waals surface area contributed by atoms with Crippen molar-refractivity contribution in [2.75, 3.05) is 0 Å². The van der Waals surface area contributed by atoms with E-state index in [0.717, 1.165) is 12.8 Å². The van der Waals surface area contributed by atoms with Crippen LogP contribution in [0.1, 0.15) is 135 Å². The molecule has 1 N–H and O–H groups in total. The molecule has 0 bridgehead atoms. The monoisotopic (exact) mass is 494 g/mol. The second kappa shape index (κ2) is 24.6. The fraction of sp³-hybridized carbons (Fsp3) is 0.618. The van der Waals surface area contributed by atoms with Crippen molar-refractivity contribution in [2.24, 2.45) is 0 Å². The average Bonchev–Trinajstić information content (AvgIpc) is 2.91. The normalized spacial score (nSPS) is 10.6. The number of hydrogen-bond donors (Lipinski definition) is 1. The first-order chi connectivity index (χ1) is 17.7. The van der Waals surface area contributed by atoms with Crippen molar-refractivity contribution in [3.8, 4) is 11.1 Å². The summed E-state index contributed by atoms with van der Waals surface area (Å²) in [6, 6.07) is 20.8. The van der Waals surface area contributed by atoms with Crippen molar-refractivity contribution in [3.05, 3.63) is 60.7 Å². The van der Waals surface area contributed by atoms with E-state index in [4.69, 9.17) is 5.11 Å². The van der Waals surface area contributed by atoms with Gasteiger partial charge >= 0.3 is 5.97 Å². The molecule has 0 aliphatic rings. The van der Waals surface area contributed by atoms with E-state index in [1.54, 1.807) is 0 Å². The molecule has 0 aromatic heterocycles. The molecular weight excluding hydrogens is 440 g/mol. The van der Waals surface area contributed by atoms with E-state index >= 15 is 0 Å². The Bertz CT molecular complexity index is 673. The highest BCUT2D eigenvalue weighted by Crippen LogP contribution is 2.17. The van der Waals surface area contributed by atoms with E-state index in [0.29, 0.717) is 6.42 Å². The molecular formula is C34H54O2. The lowest BCUT2D eigenvalue weighted by molar-refractivity contribution is -0.137. The van der Waals surface area contributed by atoms with E-state index in [9.17, 15) is 4.79 Å². The first-order valence-corrected chi connectivity index (χ1v) is 15.1. The van der Waals surface area contributed by atoms with Gasteiger partial charge in [0.1, 0.15) is 0 Å². The predicted molar refractivity (Wildman–Crippen MR) is 158 cm³/mol. The van der Waals surface area contributed by atoms with Gasteiger partial charge in [0, 0.05) is 6.42 Å². The zero-order valence-electron chi connectivity index (χ0n) is 23.3. The average molecular weight is 495 g/mol. The van der Waals surface area contributed by atoms with Gasteiger partial charge in [-0.3, -0.25) is 4.79 Å². The van der Waals surface area contributed by atoms with Crippen LogP contribution in [0.15, 0.2) is 60.7 Å². The summed E-state index contributed by atoms with van der Waals surface area (Å²) in [6.07, 6.45) is 26.1. The first kappa shape index (κ1) is 31.9. The molecule has 2 nitrogen and oxygen atoms in total.